The van der Waals surface area contributed by atoms with E-state index in [2.05, 4.69) is 4.99 Å². The molecule has 2 heterocycles. The summed E-state index contributed by atoms with van der Waals surface area (Å²) >= 11 is 7.68. The van der Waals surface area contributed by atoms with E-state index in [0.717, 1.165) is 5.56 Å². The van der Waals surface area contributed by atoms with Gasteiger partial charge in [0.2, 0.25) is 0 Å². The Balaban J connectivity index is 1.95. The number of hydrogen-bond donors (Lipinski definition) is 0. The topological polar surface area (TPSA) is 79.1 Å². The van der Waals surface area contributed by atoms with Crippen LogP contribution >= 0.6 is 22.9 Å². The number of carbonyl (C=O) groups is 1. The molecule has 0 spiro atoms. The van der Waals surface area contributed by atoms with Crippen molar-refractivity contribution in [3.05, 3.63) is 89.6 Å². The molecule has 0 saturated carbocycles. The molecule has 4 rings (SSSR count). The van der Waals surface area contributed by atoms with Gasteiger partial charge in [-0.3, -0.25) is 9.36 Å². The first-order valence-electron chi connectivity index (χ1n) is 11.1. The lowest BCUT2D eigenvalue weighted by atomic mass is 9.95. The number of rotatable bonds is 7. The maximum Gasteiger partial charge on any atom is 0.338 e. The van der Waals surface area contributed by atoms with Gasteiger partial charge in [-0.2, -0.15) is 0 Å². The van der Waals surface area contributed by atoms with Crippen LogP contribution in [0.1, 0.15) is 37.4 Å². The predicted octanol–water partition coefficient (Wildman–Crippen LogP) is 3.86. The Hall–Kier alpha value is -3.36. The molecule has 182 valence electrons. The highest BCUT2D eigenvalue weighted by atomic mass is 35.5. The van der Waals surface area contributed by atoms with Crippen LogP contribution in [-0.2, 0) is 9.53 Å². The molecule has 1 aromatic heterocycles. The van der Waals surface area contributed by atoms with Gasteiger partial charge < -0.3 is 14.2 Å². The van der Waals surface area contributed by atoms with Gasteiger partial charge in [-0.15, -0.1) is 0 Å². The summed E-state index contributed by atoms with van der Waals surface area (Å²) in [6.45, 7) is 4.23. The number of carbonyl (C=O) groups excluding carboxylic acids is 1. The van der Waals surface area contributed by atoms with E-state index >= 15 is 0 Å². The number of ether oxygens (including phenoxy) is 3. The van der Waals surface area contributed by atoms with Crippen LogP contribution in [-0.4, -0.2) is 31.4 Å². The lowest BCUT2D eigenvalue weighted by molar-refractivity contribution is -0.136. The largest absolute Gasteiger partial charge is 0.493 e. The number of halogens is 1. The second kappa shape index (κ2) is 10.5. The van der Waals surface area contributed by atoms with Crippen molar-refractivity contribution in [2.45, 2.75) is 26.3 Å². The summed E-state index contributed by atoms with van der Waals surface area (Å²) in [4.78, 5) is 31.7. The molecule has 1 aliphatic heterocycles. The zero-order valence-electron chi connectivity index (χ0n) is 19.8. The number of esters is 1. The number of allylic oxidation sites excluding steroid dienone is 1. The third-order valence-corrected chi connectivity index (χ3v) is 6.87. The number of fused-ring (bicyclic) bond motifs is 1. The van der Waals surface area contributed by atoms with E-state index < -0.39 is 12.0 Å². The zero-order chi connectivity index (χ0) is 25.1. The standard InChI is InChI=1S/C26H25ClN2O5S/c1-5-18-21(25(31)33-4)22(16-10-8-7-9-11-16)29-24(30)20(35-26(29)28-18)14-15-12-17(27)23(34-6-2)19(13-15)32-3/h7-14,22H,5-6H2,1-4H3/b20-14-/t22-/m1/s1. The maximum absolute atomic E-state index is 13.7. The highest BCUT2D eigenvalue weighted by Crippen LogP contribution is 2.36. The summed E-state index contributed by atoms with van der Waals surface area (Å²) in [5.74, 6) is 0.424. The zero-order valence-corrected chi connectivity index (χ0v) is 21.4. The van der Waals surface area contributed by atoms with E-state index in [1.807, 2.05) is 44.2 Å². The highest BCUT2D eigenvalue weighted by Gasteiger charge is 2.33. The van der Waals surface area contributed by atoms with Gasteiger partial charge in [-0.25, -0.2) is 9.79 Å². The van der Waals surface area contributed by atoms with Crippen LogP contribution in [0.2, 0.25) is 5.02 Å². The summed E-state index contributed by atoms with van der Waals surface area (Å²) in [6.07, 6.45) is 2.26. The number of hydrogen-bond acceptors (Lipinski definition) is 7. The van der Waals surface area contributed by atoms with Crippen LogP contribution in [0.3, 0.4) is 0 Å². The fourth-order valence-electron chi connectivity index (χ4n) is 4.07. The molecule has 1 atom stereocenters. The summed E-state index contributed by atoms with van der Waals surface area (Å²) in [6, 6.07) is 12.3. The minimum atomic E-state index is -0.643. The normalized spacial score (nSPS) is 15.5. The maximum atomic E-state index is 13.7. The minimum absolute atomic E-state index is 0.261. The van der Waals surface area contributed by atoms with Gasteiger partial charge in [0, 0.05) is 0 Å². The first kappa shape index (κ1) is 24.8. The van der Waals surface area contributed by atoms with Gasteiger partial charge in [0.05, 0.1) is 47.7 Å². The average molecular weight is 513 g/mol. The fourth-order valence-corrected chi connectivity index (χ4v) is 5.37. The van der Waals surface area contributed by atoms with Crippen LogP contribution in [0.25, 0.3) is 6.08 Å². The Labute approximate surface area is 211 Å². The van der Waals surface area contributed by atoms with Crippen molar-refractivity contribution in [1.29, 1.82) is 0 Å². The van der Waals surface area contributed by atoms with E-state index in [1.165, 1.54) is 25.6 Å². The quantitative estimate of drug-likeness (QED) is 0.449. The molecule has 0 bridgehead atoms. The summed E-state index contributed by atoms with van der Waals surface area (Å²) < 4.78 is 18.1. The van der Waals surface area contributed by atoms with Gasteiger partial charge in [0.15, 0.2) is 16.3 Å². The number of aromatic nitrogens is 1. The third-order valence-electron chi connectivity index (χ3n) is 5.60. The Bertz CT molecular complexity index is 1470. The molecule has 7 nitrogen and oxygen atoms in total. The van der Waals surface area contributed by atoms with Gasteiger partial charge >= 0.3 is 5.97 Å². The summed E-state index contributed by atoms with van der Waals surface area (Å²) in [7, 11) is 2.87. The van der Waals surface area contributed by atoms with E-state index in [1.54, 1.807) is 22.8 Å². The molecule has 35 heavy (non-hydrogen) atoms. The smallest absolute Gasteiger partial charge is 0.338 e. The van der Waals surface area contributed by atoms with Crippen LogP contribution in [0.15, 0.2) is 63.5 Å². The number of benzene rings is 2. The third kappa shape index (κ3) is 4.63. The van der Waals surface area contributed by atoms with Crippen molar-refractivity contribution in [3.63, 3.8) is 0 Å². The fraction of sp³-hybridized carbons (Fsp3) is 0.269. The first-order chi connectivity index (χ1) is 16.9. The summed E-state index contributed by atoms with van der Waals surface area (Å²) in [5.41, 5.74) is 2.19. The van der Waals surface area contributed by atoms with E-state index in [0.29, 0.717) is 55.7 Å². The van der Waals surface area contributed by atoms with Gasteiger partial charge in [-0.1, -0.05) is 60.2 Å². The van der Waals surface area contributed by atoms with Crippen molar-refractivity contribution in [1.82, 2.24) is 4.57 Å². The predicted molar refractivity (Wildman–Crippen MR) is 136 cm³/mol. The van der Waals surface area contributed by atoms with Crippen molar-refractivity contribution in [3.8, 4) is 11.5 Å². The molecule has 0 fully saturated rings. The van der Waals surface area contributed by atoms with E-state index in [-0.39, 0.29) is 5.56 Å². The SMILES string of the molecule is CCOc1c(Cl)cc(/C=c2\sc3n(c2=O)[C@H](c2ccccc2)C(C(=O)OC)=C(CC)N=3)cc1OC. The molecule has 1 aliphatic rings. The Morgan fingerprint density at radius 2 is 1.94 bits per heavy atom. The molecule has 0 amide bonds. The van der Waals surface area contributed by atoms with Crippen LogP contribution in [0.4, 0.5) is 0 Å². The highest BCUT2D eigenvalue weighted by molar-refractivity contribution is 7.07. The molecule has 0 unspecified atom stereocenters. The number of thiazole rings is 1. The van der Waals surface area contributed by atoms with Crippen molar-refractivity contribution < 1.29 is 19.0 Å². The molecule has 0 N–H and O–H groups in total. The molecule has 9 heteroatoms. The first-order valence-corrected chi connectivity index (χ1v) is 12.3. The van der Waals surface area contributed by atoms with Crippen molar-refractivity contribution in [2.24, 2.45) is 4.99 Å². The number of nitrogens with zero attached hydrogens (tertiary/aromatic N) is 2. The second-order valence-electron chi connectivity index (χ2n) is 7.67. The molecule has 0 saturated heterocycles. The molecular formula is C26H25ClN2O5S. The number of methoxy groups -OCH3 is 2. The molecular weight excluding hydrogens is 488 g/mol. The van der Waals surface area contributed by atoms with Crippen molar-refractivity contribution >= 4 is 35.0 Å². The van der Waals surface area contributed by atoms with Gasteiger partial charge in [0.25, 0.3) is 5.56 Å². The average Bonchev–Trinajstić information content (AvgIpc) is 3.18. The Morgan fingerprint density at radius 3 is 2.57 bits per heavy atom. The van der Waals surface area contributed by atoms with Crippen LogP contribution < -0.4 is 24.4 Å². The van der Waals surface area contributed by atoms with Crippen molar-refractivity contribution in [2.75, 3.05) is 20.8 Å². The van der Waals surface area contributed by atoms with E-state index in [9.17, 15) is 9.59 Å². The molecule has 0 aliphatic carbocycles. The monoisotopic (exact) mass is 512 g/mol. The van der Waals surface area contributed by atoms with Crippen LogP contribution in [0.5, 0.6) is 11.5 Å². The molecule has 2 aromatic carbocycles. The Kier molecular flexibility index (Phi) is 7.42. The van der Waals surface area contributed by atoms with E-state index in [4.69, 9.17) is 25.8 Å². The lowest BCUT2D eigenvalue weighted by Gasteiger charge is -2.25. The van der Waals surface area contributed by atoms with Gasteiger partial charge in [-0.05, 0) is 42.7 Å². The van der Waals surface area contributed by atoms with Crippen LogP contribution in [0, 0.1) is 0 Å². The minimum Gasteiger partial charge on any atom is -0.493 e. The molecule has 3 aromatic rings. The lowest BCUT2D eigenvalue weighted by Crippen LogP contribution is -2.40. The second-order valence-corrected chi connectivity index (χ2v) is 9.08. The molecule has 0 radical (unpaired) electrons. The Morgan fingerprint density at radius 1 is 1.20 bits per heavy atom. The summed E-state index contributed by atoms with van der Waals surface area (Å²) in [5, 5.41) is 0.383. The van der Waals surface area contributed by atoms with Gasteiger partial charge in [0.1, 0.15) is 0 Å².